The van der Waals surface area contributed by atoms with Gasteiger partial charge in [-0.05, 0) is 31.9 Å². The molecule has 1 aromatic rings. The van der Waals surface area contributed by atoms with Crippen LogP contribution >= 0.6 is 0 Å². The van der Waals surface area contributed by atoms with Crippen LogP contribution in [0.5, 0.6) is 0 Å². The summed E-state index contributed by atoms with van der Waals surface area (Å²) < 4.78 is 25.9. The number of carbonyl (C=O) groups excluding carboxylic acids is 2. The van der Waals surface area contributed by atoms with Crippen molar-refractivity contribution in [3.05, 3.63) is 29.8 Å². The molecule has 0 radical (unpaired) electrons. The van der Waals surface area contributed by atoms with Gasteiger partial charge in [0.1, 0.15) is 6.04 Å². The van der Waals surface area contributed by atoms with Gasteiger partial charge in [0.25, 0.3) is 0 Å². The second-order valence-corrected chi connectivity index (χ2v) is 5.12. The third kappa shape index (κ3) is 3.98. The normalized spacial score (nSPS) is 17.0. The number of hydrogen-bond acceptors (Lipinski definition) is 3. The summed E-state index contributed by atoms with van der Waals surface area (Å²) in [6, 6.07) is 1.75. The van der Waals surface area contributed by atoms with Crippen LogP contribution in [-0.4, -0.2) is 29.1 Å². The molecule has 114 valence electrons. The van der Waals surface area contributed by atoms with Crippen molar-refractivity contribution in [3.63, 3.8) is 0 Å². The van der Waals surface area contributed by atoms with Gasteiger partial charge in [0.15, 0.2) is 11.6 Å². The number of aliphatic hydroxyl groups excluding tert-OH is 1. The largest absolute Gasteiger partial charge is 0.391 e. The molecule has 7 heteroatoms. The number of amides is 2. The molecule has 2 amide bonds. The smallest absolute Gasteiger partial charge is 0.249 e. The molecule has 1 fully saturated rings. The Morgan fingerprint density at radius 1 is 1.29 bits per heavy atom. The molecule has 1 aliphatic carbocycles. The summed E-state index contributed by atoms with van der Waals surface area (Å²) in [4.78, 5) is 23.7. The fourth-order valence-electron chi connectivity index (χ4n) is 1.82. The van der Waals surface area contributed by atoms with Crippen LogP contribution in [0.15, 0.2) is 18.2 Å². The van der Waals surface area contributed by atoms with Crippen molar-refractivity contribution < 1.29 is 23.5 Å². The first kappa shape index (κ1) is 15.4. The second kappa shape index (κ2) is 6.17. The Morgan fingerprint density at radius 2 is 1.95 bits per heavy atom. The van der Waals surface area contributed by atoms with Gasteiger partial charge in [-0.25, -0.2) is 8.78 Å². The lowest BCUT2D eigenvalue weighted by Crippen LogP contribution is -2.50. The molecule has 0 spiro atoms. The van der Waals surface area contributed by atoms with E-state index in [1.165, 1.54) is 13.0 Å². The van der Waals surface area contributed by atoms with Crippen LogP contribution in [-0.2, 0) is 9.59 Å². The Morgan fingerprint density at radius 3 is 2.48 bits per heavy atom. The van der Waals surface area contributed by atoms with Crippen molar-refractivity contribution in [1.29, 1.82) is 0 Å². The van der Waals surface area contributed by atoms with Crippen molar-refractivity contribution >= 4 is 17.5 Å². The summed E-state index contributed by atoms with van der Waals surface area (Å²) in [6.45, 7) is 1.36. The number of carbonyl (C=O) groups is 2. The van der Waals surface area contributed by atoms with Gasteiger partial charge in [-0.3, -0.25) is 9.59 Å². The maximum atomic E-state index is 13.1. The van der Waals surface area contributed by atoms with Gasteiger partial charge >= 0.3 is 0 Å². The Labute approximate surface area is 120 Å². The maximum absolute atomic E-state index is 13.1. The zero-order valence-corrected chi connectivity index (χ0v) is 11.4. The fourth-order valence-corrected chi connectivity index (χ4v) is 1.82. The van der Waals surface area contributed by atoms with Gasteiger partial charge in [-0.15, -0.1) is 0 Å². The van der Waals surface area contributed by atoms with Gasteiger partial charge in [0, 0.05) is 17.7 Å². The van der Waals surface area contributed by atoms with Crippen LogP contribution < -0.4 is 10.6 Å². The molecule has 0 aromatic heterocycles. The standard InChI is InChI=1S/C14H16F2N2O3/c1-7(19)12(18-13(20)8-2-3-8)14(21)17-9-4-5-10(15)11(16)6-9/h4-8,12,19H,2-3H2,1H3,(H,17,21)(H,18,20). The number of nitrogens with one attached hydrogen (secondary N) is 2. The Hall–Kier alpha value is -2.02. The molecule has 0 saturated heterocycles. The first-order valence-electron chi connectivity index (χ1n) is 6.63. The van der Waals surface area contributed by atoms with E-state index in [2.05, 4.69) is 10.6 Å². The van der Waals surface area contributed by atoms with Gasteiger partial charge in [0.2, 0.25) is 11.8 Å². The number of aliphatic hydroxyl groups is 1. The van der Waals surface area contributed by atoms with Crippen LogP contribution in [0.4, 0.5) is 14.5 Å². The quantitative estimate of drug-likeness (QED) is 0.764. The molecule has 1 aliphatic rings. The highest BCUT2D eigenvalue weighted by molar-refractivity contribution is 5.98. The molecule has 1 aromatic carbocycles. The average Bonchev–Trinajstić information content (AvgIpc) is 3.23. The van der Waals surface area contributed by atoms with Gasteiger partial charge in [-0.2, -0.15) is 0 Å². The van der Waals surface area contributed by atoms with Crippen molar-refractivity contribution in [2.75, 3.05) is 5.32 Å². The van der Waals surface area contributed by atoms with E-state index in [0.29, 0.717) is 0 Å². The van der Waals surface area contributed by atoms with Crippen LogP contribution in [0, 0.1) is 17.6 Å². The molecule has 5 nitrogen and oxygen atoms in total. The number of benzene rings is 1. The maximum Gasteiger partial charge on any atom is 0.249 e. The van der Waals surface area contributed by atoms with Crippen LogP contribution in [0.2, 0.25) is 0 Å². The molecule has 0 heterocycles. The van der Waals surface area contributed by atoms with Gasteiger partial charge in [-0.1, -0.05) is 0 Å². The number of anilines is 1. The number of halogens is 2. The highest BCUT2D eigenvalue weighted by Crippen LogP contribution is 2.29. The first-order valence-corrected chi connectivity index (χ1v) is 6.63. The molecule has 21 heavy (non-hydrogen) atoms. The fraction of sp³-hybridized carbons (Fsp3) is 0.429. The molecule has 1 saturated carbocycles. The van der Waals surface area contributed by atoms with Gasteiger partial charge in [0.05, 0.1) is 6.10 Å². The van der Waals surface area contributed by atoms with E-state index in [9.17, 15) is 23.5 Å². The molecule has 0 aliphatic heterocycles. The predicted molar refractivity (Wildman–Crippen MR) is 71.3 cm³/mol. The van der Waals surface area contributed by atoms with Crippen molar-refractivity contribution in [2.45, 2.75) is 31.9 Å². The third-order valence-corrected chi connectivity index (χ3v) is 3.20. The molecular weight excluding hydrogens is 282 g/mol. The summed E-state index contributed by atoms with van der Waals surface area (Å²) in [5.41, 5.74) is 0.0465. The molecule has 3 N–H and O–H groups in total. The zero-order chi connectivity index (χ0) is 15.6. The molecule has 0 bridgehead atoms. The van der Waals surface area contributed by atoms with E-state index in [4.69, 9.17) is 0 Å². The Balaban J connectivity index is 2.03. The molecule has 2 rings (SSSR count). The van der Waals surface area contributed by atoms with Crippen LogP contribution in [0.25, 0.3) is 0 Å². The highest BCUT2D eigenvalue weighted by Gasteiger charge is 2.34. The number of rotatable bonds is 5. The van der Waals surface area contributed by atoms with E-state index in [1.54, 1.807) is 0 Å². The minimum Gasteiger partial charge on any atom is -0.391 e. The minimum atomic E-state index is -1.15. The van der Waals surface area contributed by atoms with Crippen molar-refractivity contribution in [1.82, 2.24) is 5.32 Å². The monoisotopic (exact) mass is 298 g/mol. The lowest BCUT2D eigenvalue weighted by molar-refractivity contribution is -0.129. The summed E-state index contributed by atoms with van der Waals surface area (Å²) in [5.74, 6) is -3.21. The third-order valence-electron chi connectivity index (χ3n) is 3.20. The highest BCUT2D eigenvalue weighted by atomic mass is 19.2. The topological polar surface area (TPSA) is 78.4 Å². The van der Waals surface area contributed by atoms with Crippen LogP contribution in [0.3, 0.4) is 0 Å². The summed E-state index contributed by atoms with van der Waals surface area (Å²) in [5, 5.41) is 14.4. The molecular formula is C14H16F2N2O3. The van der Waals surface area contributed by atoms with Crippen molar-refractivity contribution in [2.24, 2.45) is 5.92 Å². The van der Waals surface area contributed by atoms with E-state index < -0.39 is 29.7 Å². The summed E-state index contributed by atoms with van der Waals surface area (Å²) >= 11 is 0. The number of hydrogen-bond donors (Lipinski definition) is 3. The second-order valence-electron chi connectivity index (χ2n) is 5.12. The summed E-state index contributed by atoms with van der Waals surface area (Å²) in [6.07, 6.45) is 0.421. The van der Waals surface area contributed by atoms with E-state index >= 15 is 0 Å². The van der Waals surface area contributed by atoms with E-state index in [-0.39, 0.29) is 17.5 Å². The summed E-state index contributed by atoms with van der Waals surface area (Å²) in [7, 11) is 0. The Bertz CT molecular complexity index is 559. The predicted octanol–water partition coefficient (Wildman–Crippen LogP) is 1.18. The lowest BCUT2D eigenvalue weighted by Gasteiger charge is -2.20. The lowest BCUT2D eigenvalue weighted by atomic mass is 10.1. The minimum absolute atomic E-state index is 0.0465. The van der Waals surface area contributed by atoms with Gasteiger partial charge < -0.3 is 15.7 Å². The van der Waals surface area contributed by atoms with Crippen LogP contribution in [0.1, 0.15) is 19.8 Å². The first-order chi connectivity index (χ1) is 9.88. The van der Waals surface area contributed by atoms with E-state index in [0.717, 1.165) is 25.0 Å². The van der Waals surface area contributed by atoms with E-state index in [1.807, 2.05) is 0 Å². The van der Waals surface area contributed by atoms with Crippen molar-refractivity contribution in [3.8, 4) is 0 Å². The molecule has 2 atom stereocenters. The SMILES string of the molecule is CC(O)C(NC(=O)C1CC1)C(=O)Nc1ccc(F)c(F)c1. The average molecular weight is 298 g/mol. The molecule has 2 unspecified atom stereocenters. The Kier molecular flexibility index (Phi) is 4.52. The zero-order valence-electron chi connectivity index (χ0n) is 11.4.